The molecule has 3 rings (SSSR count). The first-order chi connectivity index (χ1) is 7.45. The first-order valence-electron chi connectivity index (χ1n) is 5.57. The lowest BCUT2D eigenvalue weighted by Crippen LogP contribution is -1.89. The maximum absolute atomic E-state index is 2.28. The van der Waals surface area contributed by atoms with Gasteiger partial charge in [-0.25, -0.2) is 0 Å². The van der Waals surface area contributed by atoms with E-state index in [2.05, 4.69) is 48.6 Å². The van der Waals surface area contributed by atoms with Crippen LogP contribution in [0, 0.1) is 0 Å². The highest BCUT2D eigenvalue weighted by Gasteiger charge is 2.16. The van der Waals surface area contributed by atoms with Crippen molar-refractivity contribution in [1.82, 2.24) is 0 Å². The van der Waals surface area contributed by atoms with Crippen LogP contribution in [0.2, 0.25) is 0 Å². The molecular weight excluding hydrogens is 180 g/mol. The van der Waals surface area contributed by atoms with Crippen LogP contribution >= 0.6 is 0 Å². The van der Waals surface area contributed by atoms with E-state index in [1.807, 2.05) is 0 Å². The van der Waals surface area contributed by atoms with Crippen LogP contribution in [0.15, 0.2) is 70.9 Å². The molecule has 0 saturated carbocycles. The van der Waals surface area contributed by atoms with Gasteiger partial charge >= 0.3 is 0 Å². The lowest BCUT2D eigenvalue weighted by atomic mass is 9.97. The minimum absolute atomic E-state index is 1.12. The molecule has 0 aliphatic heterocycles. The molecular formula is C15H14. The highest BCUT2D eigenvalue weighted by molar-refractivity contribution is 5.59. The molecule has 15 heavy (non-hydrogen) atoms. The molecule has 3 aliphatic carbocycles. The summed E-state index contributed by atoms with van der Waals surface area (Å²) in [7, 11) is 0. The third kappa shape index (κ3) is 1.46. The van der Waals surface area contributed by atoms with E-state index in [9.17, 15) is 0 Å². The normalized spacial score (nSPS) is 22.9. The Balaban J connectivity index is 2.05. The van der Waals surface area contributed by atoms with Crippen molar-refractivity contribution >= 4 is 0 Å². The second-order valence-corrected chi connectivity index (χ2v) is 4.16. The van der Waals surface area contributed by atoms with E-state index in [1.165, 1.54) is 11.1 Å². The molecule has 74 valence electrons. The van der Waals surface area contributed by atoms with Gasteiger partial charge in [0.15, 0.2) is 0 Å². The molecule has 0 aromatic carbocycles. The van der Waals surface area contributed by atoms with Crippen LogP contribution < -0.4 is 0 Å². The van der Waals surface area contributed by atoms with E-state index in [-0.39, 0.29) is 0 Å². The summed E-state index contributed by atoms with van der Waals surface area (Å²) in [6, 6.07) is 0. The summed E-state index contributed by atoms with van der Waals surface area (Å²) in [5.74, 6) is 0. The van der Waals surface area contributed by atoms with Gasteiger partial charge in [-0.2, -0.15) is 0 Å². The molecule has 0 heteroatoms. The Labute approximate surface area is 90.7 Å². The zero-order valence-corrected chi connectivity index (χ0v) is 8.74. The van der Waals surface area contributed by atoms with Crippen LogP contribution in [-0.4, -0.2) is 0 Å². The Hall–Kier alpha value is -1.56. The van der Waals surface area contributed by atoms with E-state index in [0.717, 1.165) is 19.3 Å². The third-order valence-electron chi connectivity index (χ3n) is 3.23. The van der Waals surface area contributed by atoms with Crippen molar-refractivity contribution in [1.29, 1.82) is 0 Å². The monoisotopic (exact) mass is 194 g/mol. The van der Waals surface area contributed by atoms with Gasteiger partial charge in [-0.1, -0.05) is 54.2 Å². The predicted molar refractivity (Wildman–Crippen MR) is 64.5 cm³/mol. The summed E-state index contributed by atoms with van der Waals surface area (Å²) in [5.41, 5.74) is 5.99. The van der Waals surface area contributed by atoms with E-state index >= 15 is 0 Å². The number of hydrogen-bond donors (Lipinski definition) is 0. The van der Waals surface area contributed by atoms with Crippen molar-refractivity contribution in [3.8, 4) is 0 Å². The molecule has 0 amide bonds. The first-order valence-corrected chi connectivity index (χ1v) is 5.57. The Morgan fingerprint density at radius 2 is 1.47 bits per heavy atom. The summed E-state index contributed by atoms with van der Waals surface area (Å²) in [5, 5.41) is 0. The molecule has 0 radical (unpaired) electrons. The van der Waals surface area contributed by atoms with Crippen molar-refractivity contribution < 1.29 is 0 Å². The van der Waals surface area contributed by atoms with Crippen molar-refractivity contribution in [2.45, 2.75) is 19.3 Å². The number of rotatable bonds is 0. The van der Waals surface area contributed by atoms with Crippen molar-refractivity contribution in [2.75, 3.05) is 0 Å². The highest BCUT2D eigenvalue weighted by Crippen LogP contribution is 2.35. The molecule has 0 saturated heterocycles. The van der Waals surface area contributed by atoms with Gasteiger partial charge in [-0.15, -0.1) is 0 Å². The number of hydrogen-bond acceptors (Lipinski definition) is 0. The van der Waals surface area contributed by atoms with Crippen molar-refractivity contribution in [2.24, 2.45) is 0 Å². The van der Waals surface area contributed by atoms with E-state index < -0.39 is 0 Å². The van der Waals surface area contributed by atoms with Crippen LogP contribution in [0.25, 0.3) is 0 Å². The summed E-state index contributed by atoms with van der Waals surface area (Å²) in [4.78, 5) is 0. The maximum Gasteiger partial charge on any atom is -0.00882 e. The Morgan fingerprint density at radius 3 is 2.20 bits per heavy atom. The first kappa shape index (κ1) is 8.72. The lowest BCUT2D eigenvalue weighted by molar-refractivity contribution is 1.10. The molecule has 0 aromatic rings. The Bertz CT molecular complexity index is 438. The van der Waals surface area contributed by atoms with Crippen LogP contribution in [0.4, 0.5) is 0 Å². The fourth-order valence-electron chi connectivity index (χ4n) is 2.44. The molecule has 0 unspecified atom stereocenters. The van der Waals surface area contributed by atoms with Gasteiger partial charge < -0.3 is 0 Å². The summed E-state index contributed by atoms with van der Waals surface area (Å²) in [6.45, 7) is 0. The molecule has 0 aromatic heterocycles. The highest BCUT2D eigenvalue weighted by atomic mass is 14.2. The molecule has 0 N–H and O–H groups in total. The zero-order chi connectivity index (χ0) is 10.1. The molecule has 0 spiro atoms. The Morgan fingerprint density at radius 1 is 0.733 bits per heavy atom. The Kier molecular flexibility index (Phi) is 2.06. The minimum Gasteiger partial charge on any atom is -0.0841 e. The van der Waals surface area contributed by atoms with Gasteiger partial charge in [0.05, 0.1) is 0 Å². The quantitative estimate of drug-likeness (QED) is 0.511. The topological polar surface area (TPSA) is 0 Å². The summed E-state index contributed by atoms with van der Waals surface area (Å²) in [6.07, 6.45) is 21.2. The largest absolute Gasteiger partial charge is 0.0841 e. The second kappa shape index (κ2) is 3.54. The van der Waals surface area contributed by atoms with Crippen LogP contribution in [0.5, 0.6) is 0 Å². The fraction of sp³-hybridized carbons (Fsp3) is 0.200. The molecule has 3 aliphatic rings. The van der Waals surface area contributed by atoms with Gasteiger partial charge in [0.2, 0.25) is 0 Å². The maximum atomic E-state index is 2.28. The van der Waals surface area contributed by atoms with Crippen LogP contribution in [0.3, 0.4) is 0 Å². The van der Waals surface area contributed by atoms with Crippen molar-refractivity contribution in [3.63, 3.8) is 0 Å². The van der Waals surface area contributed by atoms with Crippen molar-refractivity contribution in [3.05, 3.63) is 70.9 Å². The average Bonchev–Trinajstić information content (AvgIpc) is 3.01. The van der Waals surface area contributed by atoms with E-state index in [1.54, 1.807) is 11.1 Å². The smallest absolute Gasteiger partial charge is 0.00882 e. The SMILES string of the molecule is C1=CC(=C2C=CCC2=C2CC=CC2)C=C1. The standard InChI is InChI=1S/C15H14/c1-2-7-12(6-1)14-10-5-11-15(14)13-8-3-4-9-13/h1-7,10H,8-9,11H2. The van der Waals surface area contributed by atoms with E-state index in [4.69, 9.17) is 0 Å². The molecule has 0 atom stereocenters. The van der Waals surface area contributed by atoms with Gasteiger partial charge in [0.1, 0.15) is 0 Å². The third-order valence-corrected chi connectivity index (χ3v) is 3.23. The molecule has 0 heterocycles. The zero-order valence-electron chi connectivity index (χ0n) is 8.74. The molecule has 0 bridgehead atoms. The molecule has 0 nitrogen and oxygen atoms in total. The van der Waals surface area contributed by atoms with Gasteiger partial charge in [-0.3, -0.25) is 0 Å². The summed E-state index contributed by atoms with van der Waals surface area (Å²) >= 11 is 0. The minimum atomic E-state index is 1.12. The van der Waals surface area contributed by atoms with Gasteiger partial charge in [-0.05, 0) is 36.0 Å². The second-order valence-electron chi connectivity index (χ2n) is 4.16. The average molecular weight is 194 g/mol. The molecule has 0 fully saturated rings. The lowest BCUT2D eigenvalue weighted by Gasteiger charge is -2.08. The van der Waals surface area contributed by atoms with Gasteiger partial charge in [0, 0.05) is 0 Å². The fourth-order valence-corrected chi connectivity index (χ4v) is 2.44. The van der Waals surface area contributed by atoms with Crippen LogP contribution in [0.1, 0.15) is 19.3 Å². The number of allylic oxidation sites excluding steroid dienone is 12. The van der Waals surface area contributed by atoms with Crippen LogP contribution in [-0.2, 0) is 0 Å². The van der Waals surface area contributed by atoms with Gasteiger partial charge in [0.25, 0.3) is 0 Å². The summed E-state index contributed by atoms with van der Waals surface area (Å²) < 4.78 is 0. The van der Waals surface area contributed by atoms with E-state index in [0.29, 0.717) is 0 Å². The predicted octanol–water partition coefficient (Wildman–Crippen LogP) is 4.02.